The van der Waals surface area contributed by atoms with E-state index in [1.807, 2.05) is 24.3 Å². The summed E-state index contributed by atoms with van der Waals surface area (Å²) in [5, 5.41) is 0.913. The van der Waals surface area contributed by atoms with Crippen molar-refractivity contribution < 1.29 is 18.3 Å². The molecule has 3 nitrogen and oxygen atoms in total. The molecule has 0 N–H and O–H groups in total. The van der Waals surface area contributed by atoms with Crippen molar-refractivity contribution >= 4 is 17.3 Å². The van der Waals surface area contributed by atoms with Crippen molar-refractivity contribution in [2.45, 2.75) is 19.4 Å². The van der Waals surface area contributed by atoms with E-state index >= 15 is 0 Å². The fourth-order valence-electron chi connectivity index (χ4n) is 2.75. The summed E-state index contributed by atoms with van der Waals surface area (Å²) in [6.45, 7) is 1.40. The number of ether oxygens (including phenoxy) is 1. The van der Waals surface area contributed by atoms with Gasteiger partial charge in [-0.3, -0.25) is 4.79 Å². The Morgan fingerprint density at radius 1 is 1.17 bits per heavy atom. The molecule has 1 heterocycles. The van der Waals surface area contributed by atoms with Gasteiger partial charge in [0.1, 0.15) is 23.4 Å². The van der Waals surface area contributed by atoms with E-state index in [1.165, 1.54) is 18.9 Å². The van der Waals surface area contributed by atoms with Crippen LogP contribution in [0, 0.1) is 11.7 Å². The summed E-state index contributed by atoms with van der Waals surface area (Å²) in [7, 11) is 0. The van der Waals surface area contributed by atoms with Crippen molar-refractivity contribution in [3.63, 3.8) is 0 Å². The number of carbonyl (C=O) groups excluding carboxylic acids is 1. The minimum Gasteiger partial charge on any atom is -0.456 e. The second-order valence-corrected chi connectivity index (χ2v) is 6.30. The summed E-state index contributed by atoms with van der Waals surface area (Å²) < 4.78 is 25.6. The third kappa shape index (κ3) is 3.10. The number of carbonyl (C=O) groups is 1. The van der Waals surface area contributed by atoms with E-state index in [9.17, 15) is 9.18 Å². The predicted octanol–water partition coefficient (Wildman–Crippen LogP) is 4.98. The summed E-state index contributed by atoms with van der Waals surface area (Å²) in [5.41, 5.74) is 2.44. The van der Waals surface area contributed by atoms with Crippen LogP contribution in [0.5, 0.6) is 0 Å². The average Bonchev–Trinajstić information content (AvgIpc) is 3.31. The van der Waals surface area contributed by atoms with Gasteiger partial charge in [0, 0.05) is 17.6 Å². The van der Waals surface area contributed by atoms with Crippen LogP contribution in [0.15, 0.2) is 46.9 Å². The van der Waals surface area contributed by atoms with Crippen LogP contribution in [0.1, 0.15) is 28.8 Å². The molecule has 24 heavy (non-hydrogen) atoms. The van der Waals surface area contributed by atoms with Gasteiger partial charge in [-0.15, -0.1) is 0 Å². The third-order valence-electron chi connectivity index (χ3n) is 4.29. The first-order valence-corrected chi connectivity index (χ1v) is 8.08. The molecular formula is C20H17FO3. The molecule has 3 aromatic rings. The Morgan fingerprint density at radius 2 is 2.04 bits per heavy atom. The number of furan rings is 1. The zero-order chi connectivity index (χ0) is 16.5. The van der Waals surface area contributed by atoms with Gasteiger partial charge in [0.05, 0.1) is 12.2 Å². The zero-order valence-corrected chi connectivity index (χ0v) is 13.1. The van der Waals surface area contributed by atoms with Gasteiger partial charge < -0.3 is 9.15 Å². The van der Waals surface area contributed by atoms with Crippen molar-refractivity contribution in [1.29, 1.82) is 0 Å². The van der Waals surface area contributed by atoms with E-state index in [-0.39, 0.29) is 0 Å². The van der Waals surface area contributed by atoms with Crippen LogP contribution in [0.25, 0.3) is 22.3 Å². The highest BCUT2D eigenvalue weighted by Crippen LogP contribution is 2.31. The van der Waals surface area contributed by atoms with Gasteiger partial charge in [0.2, 0.25) is 0 Å². The van der Waals surface area contributed by atoms with Gasteiger partial charge in [-0.2, -0.15) is 0 Å². The highest BCUT2D eigenvalue weighted by molar-refractivity contribution is 5.84. The molecule has 1 aliphatic carbocycles. The maximum atomic E-state index is 14.1. The number of hydrogen-bond acceptors (Lipinski definition) is 3. The van der Waals surface area contributed by atoms with Crippen LogP contribution >= 0.6 is 0 Å². The molecule has 1 aromatic heterocycles. The van der Waals surface area contributed by atoms with Crippen molar-refractivity contribution in [1.82, 2.24) is 0 Å². The second kappa shape index (κ2) is 6.21. The van der Waals surface area contributed by atoms with Crippen molar-refractivity contribution in [2.24, 2.45) is 5.92 Å². The Kier molecular flexibility index (Phi) is 3.90. The van der Waals surface area contributed by atoms with Gasteiger partial charge in [0.15, 0.2) is 0 Å². The molecular weight excluding hydrogens is 307 g/mol. The average molecular weight is 324 g/mol. The van der Waals surface area contributed by atoms with E-state index in [0.29, 0.717) is 35.4 Å². The summed E-state index contributed by atoms with van der Waals surface area (Å²) in [6.07, 6.45) is 3.18. The minimum atomic E-state index is -0.466. The number of halogens is 1. The molecule has 0 spiro atoms. The Hall–Kier alpha value is -2.46. The fraction of sp³-hybridized carbons (Fsp3) is 0.250. The molecule has 0 saturated heterocycles. The Balaban J connectivity index is 1.59. The number of benzene rings is 2. The SMILES string of the molecule is O=Cc1ccc(-c2cc3cc(COCC4CC4)ccc3o2)c(F)c1. The standard InChI is InChI=1S/C20H17FO3/c21-18-8-14(10-22)3-5-17(18)20-9-16-7-15(4-6-19(16)24-20)12-23-11-13-1-2-13/h3-10,13H,1-2,11-12H2. The van der Waals surface area contributed by atoms with Gasteiger partial charge >= 0.3 is 0 Å². The first kappa shape index (κ1) is 15.1. The van der Waals surface area contributed by atoms with Crippen LogP contribution in [0.2, 0.25) is 0 Å². The van der Waals surface area contributed by atoms with Gasteiger partial charge in [-0.1, -0.05) is 12.1 Å². The lowest BCUT2D eigenvalue weighted by molar-refractivity contribution is 0.111. The quantitative estimate of drug-likeness (QED) is 0.600. The second-order valence-electron chi connectivity index (χ2n) is 6.30. The summed E-state index contributed by atoms with van der Waals surface area (Å²) in [6, 6.07) is 12.0. The molecule has 0 aliphatic heterocycles. The van der Waals surface area contributed by atoms with Crippen LogP contribution in [0.4, 0.5) is 4.39 Å². The fourth-order valence-corrected chi connectivity index (χ4v) is 2.75. The molecule has 0 radical (unpaired) electrons. The van der Waals surface area contributed by atoms with Crippen molar-refractivity contribution in [3.8, 4) is 11.3 Å². The van der Waals surface area contributed by atoms with E-state index in [4.69, 9.17) is 9.15 Å². The van der Waals surface area contributed by atoms with E-state index in [1.54, 1.807) is 12.1 Å². The molecule has 122 valence electrons. The molecule has 1 saturated carbocycles. The molecule has 4 heteroatoms. The van der Waals surface area contributed by atoms with Gasteiger partial charge in [-0.25, -0.2) is 4.39 Å². The third-order valence-corrected chi connectivity index (χ3v) is 4.29. The highest BCUT2D eigenvalue weighted by atomic mass is 19.1. The number of rotatable bonds is 6. The Morgan fingerprint density at radius 3 is 2.79 bits per heavy atom. The molecule has 4 rings (SSSR count). The number of hydrogen-bond donors (Lipinski definition) is 0. The maximum Gasteiger partial charge on any atom is 0.150 e. The van der Waals surface area contributed by atoms with Gasteiger partial charge in [0.25, 0.3) is 0 Å². The molecule has 0 unspecified atom stereocenters. The summed E-state index contributed by atoms with van der Waals surface area (Å²) in [4.78, 5) is 10.7. The van der Waals surface area contributed by atoms with Crippen LogP contribution in [-0.2, 0) is 11.3 Å². The van der Waals surface area contributed by atoms with E-state index in [2.05, 4.69) is 0 Å². The van der Waals surface area contributed by atoms with Crippen molar-refractivity contribution in [3.05, 3.63) is 59.4 Å². The molecule has 1 fully saturated rings. The lowest BCUT2D eigenvalue weighted by Gasteiger charge is -2.02. The van der Waals surface area contributed by atoms with Crippen LogP contribution in [0.3, 0.4) is 0 Å². The number of aldehydes is 1. The van der Waals surface area contributed by atoms with E-state index in [0.717, 1.165) is 23.5 Å². The Bertz CT molecular complexity index is 893. The van der Waals surface area contributed by atoms with Crippen molar-refractivity contribution in [2.75, 3.05) is 6.61 Å². The zero-order valence-electron chi connectivity index (χ0n) is 13.1. The topological polar surface area (TPSA) is 39.4 Å². The highest BCUT2D eigenvalue weighted by Gasteiger charge is 2.21. The summed E-state index contributed by atoms with van der Waals surface area (Å²) in [5.74, 6) is 0.731. The summed E-state index contributed by atoms with van der Waals surface area (Å²) >= 11 is 0. The Labute approximate surface area is 139 Å². The maximum absolute atomic E-state index is 14.1. The number of fused-ring (bicyclic) bond motifs is 1. The van der Waals surface area contributed by atoms with E-state index < -0.39 is 5.82 Å². The lowest BCUT2D eigenvalue weighted by atomic mass is 10.1. The predicted molar refractivity (Wildman–Crippen MR) is 89.4 cm³/mol. The molecule has 0 amide bonds. The van der Waals surface area contributed by atoms with Gasteiger partial charge in [-0.05, 0) is 54.7 Å². The van der Waals surface area contributed by atoms with Crippen LogP contribution < -0.4 is 0 Å². The lowest BCUT2D eigenvalue weighted by Crippen LogP contribution is -1.96. The molecule has 0 atom stereocenters. The smallest absolute Gasteiger partial charge is 0.150 e. The first-order chi connectivity index (χ1) is 11.7. The first-order valence-electron chi connectivity index (χ1n) is 8.08. The molecule has 2 aromatic carbocycles. The minimum absolute atomic E-state index is 0.308. The largest absolute Gasteiger partial charge is 0.456 e. The molecule has 0 bridgehead atoms. The van der Waals surface area contributed by atoms with Crippen LogP contribution in [-0.4, -0.2) is 12.9 Å². The monoisotopic (exact) mass is 324 g/mol. The molecule has 1 aliphatic rings. The normalized spacial score (nSPS) is 14.2.